The third-order valence-electron chi connectivity index (χ3n) is 5.78. The van der Waals surface area contributed by atoms with Gasteiger partial charge in [0.05, 0.1) is 31.9 Å². The number of benzene rings is 4. The average Bonchev–Trinajstić information content (AvgIpc) is 3.54. The first-order valence-corrected chi connectivity index (χ1v) is 16.3. The molecule has 0 radical (unpaired) electrons. The Labute approximate surface area is 255 Å². The molecule has 6 rings (SSSR count). The third kappa shape index (κ3) is 6.22. The summed E-state index contributed by atoms with van der Waals surface area (Å²) in [6, 6.07) is 22.4. The van der Waals surface area contributed by atoms with Gasteiger partial charge in [-0.25, -0.2) is 9.97 Å². The number of nitrogens with zero attached hydrogens (tertiary/aromatic N) is 2. The van der Waals surface area contributed by atoms with Gasteiger partial charge in [-0.15, -0.1) is 22.7 Å². The van der Waals surface area contributed by atoms with Crippen LogP contribution in [0.25, 0.3) is 31.2 Å². The molecular weight excluding hydrogens is 624 g/mol. The summed E-state index contributed by atoms with van der Waals surface area (Å²) in [7, 11) is 0. The Bertz CT molecular complexity index is 1770. The summed E-state index contributed by atoms with van der Waals surface area (Å²) in [6.45, 7) is 0. The smallest absolute Gasteiger partial charge is 0.234 e. The third-order valence-corrected chi connectivity index (χ3v) is 10.6. The van der Waals surface area contributed by atoms with Crippen LogP contribution in [0.4, 0.5) is 11.4 Å². The molecule has 4 aromatic carbocycles. The van der Waals surface area contributed by atoms with Crippen molar-refractivity contribution in [1.82, 2.24) is 9.97 Å². The Kier molecular flexibility index (Phi) is 8.15. The number of rotatable bonds is 8. The predicted molar refractivity (Wildman–Crippen MR) is 172 cm³/mol. The molecule has 0 saturated carbocycles. The summed E-state index contributed by atoms with van der Waals surface area (Å²) in [5, 5.41) is 8.95. The number of thioether (sulfide) groups is 2. The lowest BCUT2D eigenvalue weighted by molar-refractivity contribution is -0.114. The number of anilines is 2. The van der Waals surface area contributed by atoms with Crippen LogP contribution >= 0.6 is 69.4 Å². The van der Waals surface area contributed by atoms with Crippen molar-refractivity contribution in [3.05, 3.63) is 82.8 Å². The highest BCUT2D eigenvalue weighted by Gasteiger charge is 2.13. The van der Waals surface area contributed by atoms with E-state index in [9.17, 15) is 9.59 Å². The lowest BCUT2D eigenvalue weighted by Crippen LogP contribution is -2.15. The topological polar surface area (TPSA) is 84.0 Å². The Morgan fingerprint density at radius 2 is 1.12 bits per heavy atom. The van der Waals surface area contributed by atoms with Gasteiger partial charge >= 0.3 is 0 Å². The molecular formula is C28H18Cl2N4O2S4. The van der Waals surface area contributed by atoms with Crippen molar-refractivity contribution in [3.63, 3.8) is 0 Å². The Morgan fingerprint density at radius 1 is 0.675 bits per heavy atom. The number of fused-ring (bicyclic) bond motifs is 3. The van der Waals surface area contributed by atoms with Crippen LogP contribution in [-0.4, -0.2) is 33.3 Å². The van der Waals surface area contributed by atoms with Gasteiger partial charge in [-0.05, 0) is 48.5 Å². The van der Waals surface area contributed by atoms with Crippen LogP contribution in [0.3, 0.4) is 0 Å². The van der Waals surface area contributed by atoms with Crippen LogP contribution in [0.2, 0.25) is 10.0 Å². The van der Waals surface area contributed by atoms with Gasteiger partial charge in [0, 0.05) is 32.2 Å². The van der Waals surface area contributed by atoms with E-state index in [2.05, 4.69) is 20.6 Å². The molecule has 2 aromatic heterocycles. The summed E-state index contributed by atoms with van der Waals surface area (Å²) >= 11 is 17.9. The summed E-state index contributed by atoms with van der Waals surface area (Å²) in [4.78, 5) is 34.7. The summed E-state index contributed by atoms with van der Waals surface area (Å²) in [5.74, 6) is 0.154. The fourth-order valence-electron chi connectivity index (χ4n) is 4.04. The average molecular weight is 642 g/mol. The van der Waals surface area contributed by atoms with E-state index in [1.165, 1.54) is 46.2 Å². The van der Waals surface area contributed by atoms with Crippen molar-refractivity contribution in [2.45, 2.75) is 8.68 Å². The highest BCUT2D eigenvalue weighted by Crippen LogP contribution is 2.34. The maximum atomic E-state index is 12.8. The second-order valence-corrected chi connectivity index (χ2v) is 13.9. The molecule has 0 spiro atoms. The molecule has 200 valence electrons. The molecule has 40 heavy (non-hydrogen) atoms. The van der Waals surface area contributed by atoms with Gasteiger partial charge in [0.2, 0.25) is 11.8 Å². The number of amides is 2. The van der Waals surface area contributed by atoms with E-state index in [0.29, 0.717) is 21.4 Å². The maximum absolute atomic E-state index is 12.8. The molecule has 0 aliphatic carbocycles. The minimum Gasteiger partial charge on any atom is -0.325 e. The van der Waals surface area contributed by atoms with E-state index in [0.717, 1.165) is 39.9 Å². The van der Waals surface area contributed by atoms with Crippen LogP contribution in [-0.2, 0) is 9.59 Å². The summed E-state index contributed by atoms with van der Waals surface area (Å²) in [6.07, 6.45) is 0. The van der Waals surface area contributed by atoms with Gasteiger partial charge in [-0.1, -0.05) is 71.0 Å². The Hall–Kier alpha value is -2.86. The van der Waals surface area contributed by atoms with Gasteiger partial charge < -0.3 is 10.6 Å². The maximum Gasteiger partial charge on any atom is 0.234 e. The van der Waals surface area contributed by atoms with Gasteiger partial charge in [-0.3, -0.25) is 9.59 Å². The van der Waals surface area contributed by atoms with Gasteiger partial charge in [0.25, 0.3) is 0 Å². The lowest BCUT2D eigenvalue weighted by Gasteiger charge is -2.12. The number of aromatic nitrogens is 2. The zero-order valence-corrected chi connectivity index (χ0v) is 25.2. The molecule has 0 atom stereocenters. The van der Waals surface area contributed by atoms with Gasteiger partial charge in [-0.2, -0.15) is 0 Å². The number of halogens is 2. The molecule has 0 bridgehead atoms. The number of nitrogens with one attached hydrogen (secondary N) is 2. The normalized spacial score (nSPS) is 11.3. The fourth-order valence-corrected chi connectivity index (χ4v) is 8.07. The minimum atomic E-state index is -0.141. The van der Waals surface area contributed by atoms with Crippen LogP contribution < -0.4 is 10.6 Å². The fraction of sp³-hybridized carbons (Fsp3) is 0.0714. The molecule has 2 heterocycles. The summed E-state index contributed by atoms with van der Waals surface area (Å²) < 4.78 is 3.67. The standard InChI is InChI=1S/C28H18Cl2N4O2S4/c29-15-7-9-23-21(11-15)33-27(39-23)37-13-25(35)31-19-5-1-3-17-18(19)4-2-6-20(17)32-26(36)14-38-28-34-22-12-16(30)8-10-24(22)40-28/h1-12H,13-14H2,(H,31,35)(H,32,36). The molecule has 12 heteroatoms. The number of carbonyl (C=O) groups excluding carboxylic acids is 2. The van der Waals surface area contributed by atoms with Crippen molar-refractivity contribution < 1.29 is 9.59 Å². The number of hydrogen-bond acceptors (Lipinski definition) is 8. The molecule has 6 nitrogen and oxygen atoms in total. The zero-order chi connectivity index (χ0) is 27.6. The first-order valence-electron chi connectivity index (χ1n) is 11.9. The molecule has 0 aliphatic heterocycles. The second kappa shape index (κ2) is 11.9. The quantitative estimate of drug-likeness (QED) is 0.162. The molecule has 0 unspecified atom stereocenters. The van der Waals surface area contributed by atoms with E-state index in [-0.39, 0.29) is 23.3 Å². The highest BCUT2D eigenvalue weighted by atomic mass is 35.5. The van der Waals surface area contributed by atoms with E-state index in [1.54, 1.807) is 0 Å². The highest BCUT2D eigenvalue weighted by molar-refractivity contribution is 8.02. The number of hydrogen-bond donors (Lipinski definition) is 2. The van der Waals surface area contributed by atoms with E-state index in [1.807, 2.05) is 72.8 Å². The summed E-state index contributed by atoms with van der Waals surface area (Å²) in [5.41, 5.74) is 3.01. The molecule has 6 aromatic rings. The van der Waals surface area contributed by atoms with Crippen LogP contribution in [0, 0.1) is 0 Å². The molecule has 0 aliphatic rings. The van der Waals surface area contributed by atoms with Crippen molar-refractivity contribution in [2.24, 2.45) is 0 Å². The van der Waals surface area contributed by atoms with Gasteiger partial charge in [0.1, 0.15) is 0 Å². The first-order chi connectivity index (χ1) is 19.4. The zero-order valence-electron chi connectivity index (χ0n) is 20.4. The predicted octanol–water partition coefficient (Wildman–Crippen LogP) is 8.83. The second-order valence-electron chi connectivity index (χ2n) is 8.56. The van der Waals surface area contributed by atoms with Crippen LogP contribution in [0.15, 0.2) is 81.5 Å². The molecule has 0 saturated heterocycles. The molecule has 2 N–H and O–H groups in total. The first kappa shape index (κ1) is 27.3. The monoisotopic (exact) mass is 640 g/mol. The van der Waals surface area contributed by atoms with Crippen molar-refractivity contribution in [1.29, 1.82) is 0 Å². The number of carbonyl (C=O) groups is 2. The van der Waals surface area contributed by atoms with Crippen molar-refractivity contribution in [3.8, 4) is 0 Å². The van der Waals surface area contributed by atoms with Gasteiger partial charge in [0.15, 0.2) is 8.68 Å². The van der Waals surface area contributed by atoms with E-state index in [4.69, 9.17) is 23.2 Å². The molecule has 0 fully saturated rings. The van der Waals surface area contributed by atoms with Crippen molar-refractivity contribution in [2.75, 3.05) is 22.1 Å². The van der Waals surface area contributed by atoms with Crippen molar-refractivity contribution >= 4 is 124 Å². The van der Waals surface area contributed by atoms with Crippen LogP contribution in [0.1, 0.15) is 0 Å². The molecule has 2 amide bonds. The SMILES string of the molecule is O=C(CSc1nc2cc(Cl)ccc2s1)Nc1cccc2c(NC(=O)CSc3nc4cc(Cl)ccc4s3)cccc12. The number of thiazole rings is 2. The Morgan fingerprint density at radius 3 is 1.57 bits per heavy atom. The van der Waals surface area contributed by atoms with E-state index >= 15 is 0 Å². The Balaban J connectivity index is 1.10. The van der Waals surface area contributed by atoms with Crippen LogP contribution in [0.5, 0.6) is 0 Å². The lowest BCUT2D eigenvalue weighted by atomic mass is 10.1. The van der Waals surface area contributed by atoms with E-state index < -0.39 is 0 Å². The largest absolute Gasteiger partial charge is 0.325 e. The minimum absolute atomic E-state index is 0.141.